The van der Waals surface area contributed by atoms with Crippen LogP contribution in [0.2, 0.25) is 0 Å². The van der Waals surface area contributed by atoms with E-state index in [4.69, 9.17) is 9.94 Å². The number of ether oxygens (including phenoxy) is 1. The van der Waals surface area contributed by atoms with Crippen LogP contribution < -0.4 is 4.74 Å². The van der Waals surface area contributed by atoms with Crippen molar-refractivity contribution in [1.82, 2.24) is 0 Å². The first-order valence-corrected chi connectivity index (χ1v) is 6.53. The Balaban J connectivity index is 2.27. The first kappa shape index (κ1) is 14.6. The van der Waals surface area contributed by atoms with Gasteiger partial charge < -0.3 is 9.94 Å². The number of nitriles is 1. The van der Waals surface area contributed by atoms with Gasteiger partial charge in [0.2, 0.25) is 0 Å². The lowest BCUT2D eigenvalue weighted by atomic mass is 9.93. The molecule has 0 saturated carbocycles. The minimum atomic E-state index is 0.00671. The standard InChI is InChI=1S/C17H16N2O2/c1-12-9-13(3-8-17(12)19-20)10-15(11-18)14-4-6-16(21-2)7-5-14/h3-10,13,20H,1-2H3/b15-10-,19-17-. The number of methoxy groups -OCH3 is 1. The summed E-state index contributed by atoms with van der Waals surface area (Å²) < 4.78 is 5.11. The zero-order valence-corrected chi connectivity index (χ0v) is 11.9. The molecule has 2 rings (SSSR count). The average molecular weight is 280 g/mol. The predicted octanol–water partition coefficient (Wildman–Crippen LogP) is 3.56. The van der Waals surface area contributed by atoms with Crippen molar-refractivity contribution in [2.45, 2.75) is 6.92 Å². The maximum absolute atomic E-state index is 9.34. The van der Waals surface area contributed by atoms with Crippen molar-refractivity contribution in [3.8, 4) is 11.8 Å². The summed E-state index contributed by atoms with van der Waals surface area (Å²) in [7, 11) is 1.61. The Morgan fingerprint density at radius 3 is 2.62 bits per heavy atom. The number of hydrogen-bond acceptors (Lipinski definition) is 4. The van der Waals surface area contributed by atoms with E-state index in [0.717, 1.165) is 16.9 Å². The van der Waals surface area contributed by atoms with Gasteiger partial charge >= 0.3 is 0 Å². The van der Waals surface area contributed by atoms with Gasteiger partial charge in [-0.25, -0.2) is 0 Å². The molecule has 0 aromatic heterocycles. The lowest BCUT2D eigenvalue weighted by Crippen LogP contribution is -2.05. The van der Waals surface area contributed by atoms with Gasteiger partial charge in [0, 0.05) is 5.92 Å². The van der Waals surface area contributed by atoms with Crippen molar-refractivity contribution in [1.29, 1.82) is 5.26 Å². The van der Waals surface area contributed by atoms with Crippen LogP contribution in [0.25, 0.3) is 5.57 Å². The van der Waals surface area contributed by atoms with Gasteiger partial charge in [0.25, 0.3) is 0 Å². The van der Waals surface area contributed by atoms with E-state index in [1.165, 1.54) is 0 Å². The fraction of sp³-hybridized carbons (Fsp3) is 0.176. The molecule has 1 aliphatic carbocycles. The number of benzene rings is 1. The molecule has 106 valence electrons. The fourth-order valence-corrected chi connectivity index (χ4v) is 2.14. The summed E-state index contributed by atoms with van der Waals surface area (Å²) in [6, 6.07) is 9.59. The van der Waals surface area contributed by atoms with Crippen LogP contribution in [0.3, 0.4) is 0 Å². The summed E-state index contributed by atoms with van der Waals surface area (Å²) in [6.45, 7) is 1.87. The van der Waals surface area contributed by atoms with Gasteiger partial charge in [-0.05, 0) is 48.4 Å². The van der Waals surface area contributed by atoms with E-state index in [0.29, 0.717) is 11.3 Å². The first-order valence-electron chi connectivity index (χ1n) is 6.53. The van der Waals surface area contributed by atoms with Crippen LogP contribution in [0.1, 0.15) is 12.5 Å². The smallest absolute Gasteiger partial charge is 0.118 e. The van der Waals surface area contributed by atoms with E-state index in [-0.39, 0.29) is 5.92 Å². The molecule has 0 aliphatic heterocycles. The zero-order chi connectivity index (χ0) is 15.2. The highest BCUT2D eigenvalue weighted by Crippen LogP contribution is 2.23. The largest absolute Gasteiger partial charge is 0.497 e. The molecule has 0 radical (unpaired) electrons. The predicted molar refractivity (Wildman–Crippen MR) is 82.2 cm³/mol. The highest BCUT2D eigenvalue weighted by molar-refractivity contribution is 6.08. The second-order valence-corrected chi connectivity index (χ2v) is 4.69. The second kappa shape index (κ2) is 6.58. The van der Waals surface area contributed by atoms with E-state index < -0.39 is 0 Å². The molecule has 1 aromatic rings. The van der Waals surface area contributed by atoms with Crippen LogP contribution in [0, 0.1) is 17.2 Å². The van der Waals surface area contributed by atoms with Crippen LogP contribution in [0.5, 0.6) is 5.75 Å². The van der Waals surface area contributed by atoms with Crippen molar-refractivity contribution < 1.29 is 9.94 Å². The molecule has 1 aliphatic rings. The molecule has 0 amide bonds. The van der Waals surface area contributed by atoms with Crippen LogP contribution in [-0.4, -0.2) is 18.0 Å². The Morgan fingerprint density at radius 2 is 2.10 bits per heavy atom. The molecule has 1 atom stereocenters. The van der Waals surface area contributed by atoms with Gasteiger partial charge in [0.15, 0.2) is 0 Å². The molecule has 21 heavy (non-hydrogen) atoms. The van der Waals surface area contributed by atoms with Crippen molar-refractivity contribution >= 4 is 11.3 Å². The molecule has 1 unspecified atom stereocenters. The topological polar surface area (TPSA) is 65.6 Å². The van der Waals surface area contributed by atoms with Crippen molar-refractivity contribution in [2.24, 2.45) is 11.1 Å². The Morgan fingerprint density at radius 1 is 1.38 bits per heavy atom. The molecule has 0 saturated heterocycles. The molecular formula is C17H16N2O2. The lowest BCUT2D eigenvalue weighted by Gasteiger charge is -2.12. The van der Waals surface area contributed by atoms with Crippen LogP contribution in [-0.2, 0) is 0 Å². The Kier molecular flexibility index (Phi) is 4.57. The third-order valence-electron chi connectivity index (χ3n) is 3.31. The second-order valence-electron chi connectivity index (χ2n) is 4.69. The zero-order valence-electron chi connectivity index (χ0n) is 11.9. The maximum atomic E-state index is 9.34. The van der Waals surface area contributed by atoms with E-state index in [1.807, 2.05) is 49.4 Å². The van der Waals surface area contributed by atoms with Gasteiger partial charge in [-0.2, -0.15) is 5.26 Å². The number of oxime groups is 1. The third-order valence-corrected chi connectivity index (χ3v) is 3.31. The Bertz CT molecular complexity index is 674. The van der Waals surface area contributed by atoms with Crippen molar-refractivity contribution in [2.75, 3.05) is 7.11 Å². The molecular weight excluding hydrogens is 264 g/mol. The van der Waals surface area contributed by atoms with Crippen molar-refractivity contribution in [3.63, 3.8) is 0 Å². The maximum Gasteiger partial charge on any atom is 0.118 e. The Hall–Kier alpha value is -2.80. The highest BCUT2D eigenvalue weighted by atomic mass is 16.5. The summed E-state index contributed by atoms with van der Waals surface area (Å²) in [4.78, 5) is 0. The minimum Gasteiger partial charge on any atom is -0.497 e. The average Bonchev–Trinajstić information content (AvgIpc) is 2.53. The summed E-state index contributed by atoms with van der Waals surface area (Å²) in [5.41, 5.74) is 2.87. The quantitative estimate of drug-likeness (QED) is 0.523. The number of rotatable bonds is 3. The monoisotopic (exact) mass is 280 g/mol. The SMILES string of the molecule is COc1ccc(/C(C#N)=C\C2C=C/C(=N/O)C(C)=C2)cc1. The molecule has 1 aromatic carbocycles. The van der Waals surface area contributed by atoms with E-state index >= 15 is 0 Å². The van der Waals surface area contributed by atoms with E-state index in [2.05, 4.69) is 11.2 Å². The van der Waals surface area contributed by atoms with Gasteiger partial charge in [-0.3, -0.25) is 0 Å². The van der Waals surface area contributed by atoms with Gasteiger partial charge in [-0.1, -0.05) is 23.4 Å². The van der Waals surface area contributed by atoms with Crippen LogP contribution >= 0.6 is 0 Å². The summed E-state index contributed by atoms with van der Waals surface area (Å²) >= 11 is 0. The van der Waals surface area contributed by atoms with Gasteiger partial charge in [-0.15, -0.1) is 0 Å². The normalized spacial score (nSPS) is 20.0. The molecule has 0 heterocycles. The summed E-state index contributed by atoms with van der Waals surface area (Å²) in [6.07, 6.45) is 7.48. The number of hydrogen-bond donors (Lipinski definition) is 1. The summed E-state index contributed by atoms with van der Waals surface area (Å²) in [5.74, 6) is 0.764. The third kappa shape index (κ3) is 3.40. The first-order chi connectivity index (χ1) is 10.2. The van der Waals surface area contributed by atoms with Gasteiger partial charge in [0.1, 0.15) is 11.5 Å². The van der Waals surface area contributed by atoms with E-state index in [1.54, 1.807) is 13.2 Å². The highest BCUT2D eigenvalue weighted by Gasteiger charge is 2.11. The molecule has 1 N–H and O–H groups in total. The number of nitrogens with zero attached hydrogens (tertiary/aromatic N) is 2. The molecule has 0 bridgehead atoms. The van der Waals surface area contributed by atoms with Crippen molar-refractivity contribution in [3.05, 3.63) is 59.7 Å². The molecule has 4 nitrogen and oxygen atoms in total. The van der Waals surface area contributed by atoms with Crippen LogP contribution in [0.4, 0.5) is 0 Å². The lowest BCUT2D eigenvalue weighted by molar-refractivity contribution is 0.319. The molecule has 0 fully saturated rings. The molecule has 0 spiro atoms. The fourth-order valence-electron chi connectivity index (χ4n) is 2.14. The van der Waals surface area contributed by atoms with Gasteiger partial charge in [0.05, 0.1) is 18.8 Å². The van der Waals surface area contributed by atoms with E-state index in [9.17, 15) is 5.26 Å². The molecule has 4 heteroatoms. The minimum absolute atomic E-state index is 0.00671. The Labute approximate surface area is 124 Å². The summed E-state index contributed by atoms with van der Waals surface area (Å²) in [5, 5.41) is 21.4. The van der Waals surface area contributed by atoms with Crippen LogP contribution in [0.15, 0.2) is 59.3 Å². The number of allylic oxidation sites excluding steroid dienone is 6.